The van der Waals surface area contributed by atoms with Gasteiger partial charge >= 0.3 is 0 Å². The molecule has 2 unspecified atom stereocenters. The van der Waals surface area contributed by atoms with Gasteiger partial charge in [-0.15, -0.1) is 0 Å². The molecule has 0 saturated heterocycles. The molecule has 1 fully saturated rings. The number of hydrogen-bond donors (Lipinski definition) is 0. The molecule has 0 aromatic carbocycles. The third-order valence-electron chi connectivity index (χ3n) is 3.00. The second-order valence-electron chi connectivity index (χ2n) is 4.31. The summed E-state index contributed by atoms with van der Waals surface area (Å²) in [5.41, 5.74) is 4.48. The summed E-state index contributed by atoms with van der Waals surface area (Å²) in [4.78, 5) is 0. The van der Waals surface area contributed by atoms with Crippen molar-refractivity contribution in [2.45, 2.75) is 19.3 Å². The first kappa shape index (κ1) is 9.29. The predicted molar refractivity (Wildman–Crippen MR) is 55.5 cm³/mol. The van der Waals surface area contributed by atoms with Crippen LogP contribution in [0, 0.1) is 5.92 Å². The van der Waals surface area contributed by atoms with Crippen LogP contribution in [0.25, 0.3) is 5.43 Å². The average molecular weight is 200 g/mol. The van der Waals surface area contributed by atoms with Crippen LogP contribution in [-0.4, -0.2) is 24.7 Å². The Bertz CT molecular complexity index is 228. The van der Waals surface area contributed by atoms with Crippen molar-refractivity contribution >= 4 is 9.47 Å². The van der Waals surface area contributed by atoms with Crippen LogP contribution in [0.3, 0.4) is 0 Å². The van der Waals surface area contributed by atoms with Gasteiger partial charge in [-0.25, -0.2) is 0 Å². The van der Waals surface area contributed by atoms with Crippen LogP contribution >= 0.6 is 9.47 Å². The van der Waals surface area contributed by atoms with Gasteiger partial charge in [-0.1, -0.05) is 12.6 Å². The van der Waals surface area contributed by atoms with Crippen LogP contribution in [0.4, 0.5) is 0 Å². The van der Waals surface area contributed by atoms with Crippen molar-refractivity contribution in [3.05, 3.63) is 17.4 Å². The Balaban J connectivity index is 1.85. The lowest BCUT2D eigenvalue weighted by Crippen LogP contribution is -2.43. The normalized spacial score (nSPS) is 33.5. The molecule has 0 aromatic heterocycles. The van der Waals surface area contributed by atoms with E-state index in [1.807, 2.05) is 6.20 Å². The van der Waals surface area contributed by atoms with E-state index in [9.17, 15) is 0 Å². The molecule has 0 amide bonds. The number of hydrogen-bond acceptors (Lipinski definition) is 1. The Hall–Kier alpha value is -0.270. The summed E-state index contributed by atoms with van der Waals surface area (Å²) in [5, 5.41) is 0. The zero-order valence-corrected chi connectivity index (χ0v) is 9.22. The van der Waals surface area contributed by atoms with Gasteiger partial charge in [0, 0.05) is 5.92 Å². The fraction of sp³-hybridized carbons (Fsp3) is 0.778. The molecule has 2 atom stereocenters. The van der Waals surface area contributed by atoms with E-state index in [0.29, 0.717) is 0 Å². The highest BCUT2D eigenvalue weighted by Crippen LogP contribution is 2.34. The maximum atomic E-state index is 5.11. The minimum atomic E-state index is 0.786. The van der Waals surface area contributed by atoms with Crippen molar-refractivity contribution < 1.29 is 9.12 Å². The lowest BCUT2D eigenvalue weighted by Gasteiger charge is -2.44. The van der Waals surface area contributed by atoms with Gasteiger partial charge in [0.1, 0.15) is 12.3 Å². The van der Waals surface area contributed by atoms with E-state index in [1.54, 1.807) is 0 Å². The summed E-state index contributed by atoms with van der Waals surface area (Å²) in [5.74, 6) is 1.87. The van der Waals surface area contributed by atoms with E-state index in [2.05, 4.69) is 21.9 Å². The van der Waals surface area contributed by atoms with Crippen LogP contribution in [0.1, 0.15) is 19.3 Å². The predicted octanol–water partition coefficient (Wildman–Crippen LogP) is 2.18. The van der Waals surface area contributed by atoms with Crippen molar-refractivity contribution in [3.63, 3.8) is 0 Å². The lowest BCUT2D eigenvalue weighted by molar-refractivity contribution is -0.867. The van der Waals surface area contributed by atoms with Gasteiger partial charge in [-0.2, -0.15) is 0 Å². The van der Waals surface area contributed by atoms with Gasteiger partial charge in [0.05, 0.1) is 23.1 Å². The largest absolute Gasteiger partial charge is 0.491 e. The molecule has 74 valence electrons. The Kier molecular flexibility index (Phi) is 2.48. The van der Waals surface area contributed by atoms with E-state index in [4.69, 9.17) is 4.52 Å². The first-order chi connectivity index (χ1) is 6.22. The van der Waals surface area contributed by atoms with Crippen molar-refractivity contribution in [3.8, 4) is 0 Å². The van der Waals surface area contributed by atoms with Gasteiger partial charge in [0.15, 0.2) is 0 Å². The van der Waals surface area contributed by atoms with E-state index in [1.165, 1.54) is 25.8 Å². The molecule has 13 heavy (non-hydrogen) atoms. The standard InChI is InChI=1S/C9H17N2OP/c1-11(6-8-3-2-4-8)7-9(12-13)5-10-11/h5,8H,2-4,6-7,13H2,1H3. The minimum Gasteiger partial charge on any atom is -0.491 e. The molecule has 1 heterocycles. The Labute approximate surface area is 82.0 Å². The van der Waals surface area contributed by atoms with E-state index < -0.39 is 0 Å². The molecule has 3 nitrogen and oxygen atoms in total. The van der Waals surface area contributed by atoms with Crippen molar-refractivity contribution in [1.82, 2.24) is 0 Å². The zero-order chi connectivity index (χ0) is 9.31. The third-order valence-corrected chi connectivity index (χ3v) is 3.31. The smallest absolute Gasteiger partial charge is 0.135 e. The number of likely N-dealkylation sites (N-methyl/N-ethyl adjacent to an activating group) is 1. The van der Waals surface area contributed by atoms with E-state index in [-0.39, 0.29) is 0 Å². The number of rotatable bonds is 3. The van der Waals surface area contributed by atoms with Crippen LogP contribution in [-0.2, 0) is 4.52 Å². The van der Waals surface area contributed by atoms with Crippen molar-refractivity contribution in [2.75, 3.05) is 20.1 Å². The molecule has 0 aromatic rings. The first-order valence-corrected chi connectivity index (χ1v) is 5.32. The zero-order valence-electron chi connectivity index (χ0n) is 8.07. The molecular weight excluding hydrogens is 183 g/mol. The number of quaternary nitrogens is 1. The van der Waals surface area contributed by atoms with Crippen LogP contribution in [0.5, 0.6) is 0 Å². The minimum absolute atomic E-state index is 0.786. The molecule has 0 N–H and O–H groups in total. The monoisotopic (exact) mass is 200 g/mol. The van der Waals surface area contributed by atoms with Gasteiger partial charge in [-0.3, -0.25) is 0 Å². The van der Waals surface area contributed by atoms with Crippen LogP contribution < -0.4 is 0 Å². The topological polar surface area (TPSA) is 23.3 Å². The van der Waals surface area contributed by atoms with Crippen molar-refractivity contribution in [2.24, 2.45) is 5.92 Å². The molecule has 2 aliphatic rings. The summed E-state index contributed by atoms with van der Waals surface area (Å²) < 4.78 is 5.89. The molecular formula is C9H17N2OP. The highest BCUT2D eigenvalue weighted by molar-refractivity contribution is 7.10. The maximum absolute atomic E-state index is 5.11. The van der Waals surface area contributed by atoms with Crippen LogP contribution in [0.2, 0.25) is 0 Å². The summed E-state index contributed by atoms with van der Waals surface area (Å²) in [6, 6.07) is 0. The Morgan fingerprint density at radius 2 is 2.46 bits per heavy atom. The molecule has 1 aliphatic carbocycles. The summed E-state index contributed by atoms with van der Waals surface area (Å²) >= 11 is 0. The Morgan fingerprint density at radius 1 is 1.69 bits per heavy atom. The van der Waals surface area contributed by atoms with Gasteiger partial charge in [-0.05, 0) is 12.8 Å². The van der Waals surface area contributed by atoms with Gasteiger partial charge in [0.25, 0.3) is 0 Å². The van der Waals surface area contributed by atoms with Gasteiger partial charge in [0.2, 0.25) is 0 Å². The highest BCUT2D eigenvalue weighted by Gasteiger charge is 2.28. The third kappa shape index (κ3) is 1.97. The first-order valence-electron chi connectivity index (χ1n) is 4.84. The second kappa shape index (κ2) is 3.47. The SMILES string of the molecule is C[N+]1(CC2CCC2)CC(OP)=C[N-]1. The number of nitrogens with zero attached hydrogens (tertiary/aromatic N) is 2. The van der Waals surface area contributed by atoms with Gasteiger partial charge < -0.3 is 14.5 Å². The molecule has 2 rings (SSSR count). The quantitative estimate of drug-likeness (QED) is 0.506. The fourth-order valence-electron chi connectivity index (χ4n) is 2.03. The summed E-state index contributed by atoms with van der Waals surface area (Å²) in [6.45, 7) is 2.09. The molecule has 0 bridgehead atoms. The Morgan fingerprint density at radius 3 is 2.92 bits per heavy atom. The highest BCUT2D eigenvalue weighted by atomic mass is 31.0. The molecule has 1 aliphatic heterocycles. The van der Waals surface area contributed by atoms with Crippen LogP contribution in [0.15, 0.2) is 12.0 Å². The van der Waals surface area contributed by atoms with E-state index in [0.717, 1.165) is 22.8 Å². The average Bonchev–Trinajstić information content (AvgIpc) is 2.41. The summed E-state index contributed by atoms with van der Waals surface area (Å²) in [7, 11) is 4.46. The van der Waals surface area contributed by atoms with Crippen molar-refractivity contribution in [1.29, 1.82) is 0 Å². The molecule has 4 heteroatoms. The second-order valence-corrected chi connectivity index (χ2v) is 4.54. The molecule has 0 radical (unpaired) electrons. The maximum Gasteiger partial charge on any atom is 0.135 e. The van der Waals surface area contributed by atoms with E-state index >= 15 is 0 Å². The summed E-state index contributed by atoms with van der Waals surface area (Å²) in [6.07, 6.45) is 6.04. The molecule has 1 saturated carbocycles. The lowest BCUT2D eigenvalue weighted by atomic mass is 9.85. The fourth-order valence-corrected chi connectivity index (χ4v) is 2.17. The molecule has 0 spiro atoms.